The quantitative estimate of drug-likeness (QED) is 0.724. The van der Waals surface area contributed by atoms with Crippen LogP contribution >= 0.6 is 0 Å². The minimum absolute atomic E-state index is 0.0896. The highest BCUT2D eigenvalue weighted by Crippen LogP contribution is 2.44. The second-order valence-electron chi connectivity index (χ2n) is 6.17. The first kappa shape index (κ1) is 16.1. The van der Waals surface area contributed by atoms with Gasteiger partial charge in [0.25, 0.3) is 0 Å². The van der Waals surface area contributed by atoms with Crippen molar-refractivity contribution in [3.8, 4) is 11.1 Å². The Hall–Kier alpha value is -3.40. The molecule has 0 saturated heterocycles. The van der Waals surface area contributed by atoms with Crippen LogP contribution in [0.4, 0.5) is 5.69 Å². The van der Waals surface area contributed by atoms with E-state index in [-0.39, 0.29) is 11.8 Å². The Bertz CT molecular complexity index is 947. The van der Waals surface area contributed by atoms with Gasteiger partial charge in [0, 0.05) is 5.69 Å². The van der Waals surface area contributed by atoms with Gasteiger partial charge in [-0.2, -0.15) is 0 Å². The van der Waals surface area contributed by atoms with Gasteiger partial charge in [-0.05, 0) is 46.5 Å². The number of fused-ring (bicyclic) bond motifs is 3. The Labute approximate surface area is 151 Å². The summed E-state index contributed by atoms with van der Waals surface area (Å²) in [6.07, 6.45) is 0. The van der Waals surface area contributed by atoms with Crippen LogP contribution in [0.1, 0.15) is 27.4 Å². The normalized spacial score (nSPS) is 12.2. The summed E-state index contributed by atoms with van der Waals surface area (Å²) in [6, 6.07) is 22.7. The third kappa shape index (κ3) is 2.65. The Morgan fingerprint density at radius 2 is 1.35 bits per heavy atom. The van der Waals surface area contributed by atoms with E-state index in [1.165, 1.54) is 7.11 Å². The van der Waals surface area contributed by atoms with Gasteiger partial charge in [-0.25, -0.2) is 4.79 Å². The fraction of sp³-hybridized carbons (Fsp3) is 0.0909. The van der Waals surface area contributed by atoms with Gasteiger partial charge in [-0.3, -0.25) is 4.79 Å². The van der Waals surface area contributed by atoms with E-state index in [2.05, 4.69) is 5.32 Å². The molecule has 1 amide bonds. The van der Waals surface area contributed by atoms with Gasteiger partial charge in [-0.1, -0.05) is 48.5 Å². The molecule has 1 aliphatic carbocycles. The summed E-state index contributed by atoms with van der Waals surface area (Å²) in [5, 5.41) is 2.96. The molecule has 128 valence electrons. The molecule has 3 aromatic carbocycles. The van der Waals surface area contributed by atoms with Gasteiger partial charge in [0.1, 0.15) is 0 Å². The number of anilines is 1. The number of nitrogens with one attached hydrogen (secondary N) is 1. The lowest BCUT2D eigenvalue weighted by Gasteiger charge is -2.14. The zero-order chi connectivity index (χ0) is 18.1. The average molecular weight is 343 g/mol. The van der Waals surface area contributed by atoms with Crippen LogP contribution < -0.4 is 5.32 Å². The molecule has 1 N–H and O–H groups in total. The van der Waals surface area contributed by atoms with Crippen LogP contribution in [0.3, 0.4) is 0 Å². The molecular weight excluding hydrogens is 326 g/mol. The second-order valence-corrected chi connectivity index (χ2v) is 6.17. The van der Waals surface area contributed by atoms with Crippen molar-refractivity contribution in [1.82, 2.24) is 0 Å². The van der Waals surface area contributed by atoms with Crippen LogP contribution in [0.15, 0.2) is 72.8 Å². The summed E-state index contributed by atoms with van der Waals surface area (Å²) in [7, 11) is 1.34. The average Bonchev–Trinajstić information content (AvgIpc) is 3.02. The summed E-state index contributed by atoms with van der Waals surface area (Å²) in [6.45, 7) is 0. The molecular formula is C22H17NO3. The highest BCUT2D eigenvalue weighted by Gasteiger charge is 2.33. The third-order valence-electron chi connectivity index (χ3n) is 4.67. The Morgan fingerprint density at radius 1 is 0.808 bits per heavy atom. The number of benzene rings is 3. The van der Waals surface area contributed by atoms with Crippen molar-refractivity contribution in [2.45, 2.75) is 5.92 Å². The van der Waals surface area contributed by atoms with Gasteiger partial charge in [0.05, 0.1) is 18.6 Å². The summed E-state index contributed by atoms with van der Waals surface area (Å²) in [5.74, 6) is -0.836. The minimum Gasteiger partial charge on any atom is -0.465 e. The van der Waals surface area contributed by atoms with Gasteiger partial charge in [0.2, 0.25) is 5.91 Å². The van der Waals surface area contributed by atoms with Gasteiger partial charge in [0.15, 0.2) is 0 Å². The molecule has 0 aromatic heterocycles. The number of hydrogen-bond acceptors (Lipinski definition) is 3. The third-order valence-corrected chi connectivity index (χ3v) is 4.67. The van der Waals surface area contributed by atoms with E-state index in [0.29, 0.717) is 11.3 Å². The summed E-state index contributed by atoms with van der Waals surface area (Å²) >= 11 is 0. The molecule has 1 aliphatic rings. The molecule has 0 unspecified atom stereocenters. The number of rotatable bonds is 3. The molecule has 0 heterocycles. The van der Waals surface area contributed by atoms with Crippen molar-refractivity contribution in [3.63, 3.8) is 0 Å². The zero-order valence-electron chi connectivity index (χ0n) is 14.2. The molecule has 0 fully saturated rings. The van der Waals surface area contributed by atoms with Crippen molar-refractivity contribution in [1.29, 1.82) is 0 Å². The molecule has 0 saturated carbocycles. The molecule has 3 aromatic rings. The lowest BCUT2D eigenvalue weighted by Crippen LogP contribution is -2.20. The first-order valence-electron chi connectivity index (χ1n) is 8.36. The maximum absolute atomic E-state index is 13.0. The number of carbonyl (C=O) groups is 2. The fourth-order valence-corrected chi connectivity index (χ4v) is 3.46. The fourth-order valence-electron chi connectivity index (χ4n) is 3.46. The summed E-state index contributed by atoms with van der Waals surface area (Å²) < 4.78 is 4.69. The maximum Gasteiger partial charge on any atom is 0.337 e. The molecule has 0 spiro atoms. The Kier molecular flexibility index (Phi) is 4.01. The summed E-state index contributed by atoms with van der Waals surface area (Å²) in [5.41, 5.74) is 5.31. The van der Waals surface area contributed by atoms with Crippen LogP contribution in [0.2, 0.25) is 0 Å². The number of hydrogen-bond donors (Lipinski definition) is 1. The van der Waals surface area contributed by atoms with E-state index >= 15 is 0 Å². The number of carbonyl (C=O) groups excluding carboxylic acids is 2. The van der Waals surface area contributed by atoms with E-state index < -0.39 is 5.97 Å². The zero-order valence-corrected chi connectivity index (χ0v) is 14.2. The van der Waals surface area contributed by atoms with E-state index in [0.717, 1.165) is 22.3 Å². The van der Waals surface area contributed by atoms with E-state index in [1.54, 1.807) is 24.3 Å². The van der Waals surface area contributed by atoms with Crippen LogP contribution in [0, 0.1) is 0 Å². The monoisotopic (exact) mass is 343 g/mol. The molecule has 0 aliphatic heterocycles. The Balaban J connectivity index is 1.63. The van der Waals surface area contributed by atoms with Crippen molar-refractivity contribution < 1.29 is 14.3 Å². The van der Waals surface area contributed by atoms with Crippen LogP contribution in [-0.2, 0) is 9.53 Å². The SMILES string of the molecule is COC(=O)c1ccc(NC(=O)C2c3ccccc3-c3ccccc32)cc1. The van der Waals surface area contributed by atoms with Crippen LogP contribution in [-0.4, -0.2) is 19.0 Å². The standard InChI is InChI=1S/C22H17NO3/c1-26-22(25)14-10-12-15(13-11-14)23-21(24)20-18-8-4-2-6-16(18)17-7-3-5-9-19(17)20/h2-13,20H,1H3,(H,23,24). The number of amides is 1. The summed E-state index contributed by atoms with van der Waals surface area (Å²) in [4.78, 5) is 24.5. The molecule has 26 heavy (non-hydrogen) atoms. The minimum atomic E-state index is -0.401. The van der Waals surface area contributed by atoms with Gasteiger partial charge in [-0.15, -0.1) is 0 Å². The van der Waals surface area contributed by atoms with Crippen LogP contribution in [0.5, 0.6) is 0 Å². The van der Waals surface area contributed by atoms with E-state index in [4.69, 9.17) is 4.74 Å². The van der Waals surface area contributed by atoms with Gasteiger partial charge >= 0.3 is 5.97 Å². The molecule has 0 bridgehead atoms. The number of methoxy groups -OCH3 is 1. The van der Waals surface area contributed by atoms with E-state index in [1.807, 2.05) is 48.5 Å². The first-order chi connectivity index (χ1) is 12.7. The highest BCUT2D eigenvalue weighted by molar-refractivity contribution is 6.03. The first-order valence-corrected chi connectivity index (χ1v) is 8.36. The number of esters is 1. The second kappa shape index (κ2) is 6.48. The van der Waals surface area contributed by atoms with Crippen LogP contribution in [0.25, 0.3) is 11.1 Å². The van der Waals surface area contributed by atoms with Crippen molar-refractivity contribution in [2.24, 2.45) is 0 Å². The van der Waals surface area contributed by atoms with Crippen molar-refractivity contribution in [2.75, 3.05) is 12.4 Å². The van der Waals surface area contributed by atoms with Crippen molar-refractivity contribution >= 4 is 17.6 Å². The lowest BCUT2D eigenvalue weighted by molar-refractivity contribution is -0.116. The smallest absolute Gasteiger partial charge is 0.337 e. The molecule has 0 radical (unpaired) electrons. The highest BCUT2D eigenvalue weighted by atomic mass is 16.5. The Morgan fingerprint density at radius 3 is 1.88 bits per heavy atom. The molecule has 4 heteroatoms. The predicted octanol–water partition coefficient (Wildman–Crippen LogP) is 4.22. The van der Waals surface area contributed by atoms with Crippen molar-refractivity contribution in [3.05, 3.63) is 89.5 Å². The predicted molar refractivity (Wildman–Crippen MR) is 100 cm³/mol. The topological polar surface area (TPSA) is 55.4 Å². The van der Waals surface area contributed by atoms with E-state index in [9.17, 15) is 9.59 Å². The maximum atomic E-state index is 13.0. The number of ether oxygens (including phenoxy) is 1. The molecule has 0 atom stereocenters. The largest absolute Gasteiger partial charge is 0.465 e. The van der Waals surface area contributed by atoms with Gasteiger partial charge < -0.3 is 10.1 Å². The lowest BCUT2D eigenvalue weighted by atomic mass is 9.96. The molecule has 4 nitrogen and oxygen atoms in total. The molecule has 4 rings (SSSR count).